The molecule has 1 rings (SSSR count). The number of nitrogens with one attached hydrogen (secondary N) is 1. The molecular formula is C10H10BrN3O5. The van der Waals surface area contributed by atoms with Gasteiger partial charge in [-0.2, -0.15) is 0 Å². The lowest BCUT2D eigenvalue weighted by Gasteiger charge is -2.06. The van der Waals surface area contributed by atoms with Gasteiger partial charge in [0.2, 0.25) is 0 Å². The number of amides is 1. The first kappa shape index (κ1) is 15.0. The topological polar surface area (TPSA) is 115 Å². The molecule has 0 bridgehead atoms. The summed E-state index contributed by atoms with van der Waals surface area (Å²) in [6, 6.07) is 1.81. The maximum Gasteiger partial charge on any atom is 0.291 e. The van der Waals surface area contributed by atoms with Gasteiger partial charge in [-0.3, -0.25) is 25.0 Å². The zero-order chi connectivity index (χ0) is 14.6. The number of nitro benzene ring substituents is 2. The monoisotopic (exact) mass is 331 g/mol. The Hall–Kier alpha value is -2.03. The van der Waals surface area contributed by atoms with Crippen LogP contribution in [0.1, 0.15) is 23.7 Å². The second-order valence-corrected chi connectivity index (χ2v) is 4.39. The summed E-state index contributed by atoms with van der Waals surface area (Å²) in [5, 5.41) is 24.0. The van der Waals surface area contributed by atoms with Gasteiger partial charge in [0, 0.05) is 12.6 Å². The number of non-ortho nitro benzene ring substituents is 1. The zero-order valence-electron chi connectivity index (χ0n) is 9.88. The third-order valence-electron chi connectivity index (χ3n) is 2.23. The molecule has 0 aliphatic heterocycles. The molecule has 9 heteroatoms. The average molecular weight is 332 g/mol. The summed E-state index contributed by atoms with van der Waals surface area (Å²) >= 11 is 2.93. The summed E-state index contributed by atoms with van der Waals surface area (Å²) in [6.07, 6.45) is 0.681. The molecule has 8 nitrogen and oxygen atoms in total. The first-order chi connectivity index (χ1) is 8.88. The molecular weight excluding hydrogens is 322 g/mol. The van der Waals surface area contributed by atoms with Crippen LogP contribution in [0, 0.1) is 20.2 Å². The lowest BCUT2D eigenvalue weighted by atomic mass is 10.1. The number of hydrogen-bond donors (Lipinski definition) is 1. The molecule has 1 N–H and O–H groups in total. The first-order valence-corrected chi connectivity index (χ1v) is 6.08. The molecule has 0 saturated carbocycles. The van der Waals surface area contributed by atoms with E-state index >= 15 is 0 Å². The molecule has 19 heavy (non-hydrogen) atoms. The predicted octanol–water partition coefficient (Wildman–Crippen LogP) is 2.41. The summed E-state index contributed by atoms with van der Waals surface area (Å²) in [7, 11) is 0. The van der Waals surface area contributed by atoms with Gasteiger partial charge in [0.15, 0.2) is 0 Å². The van der Waals surface area contributed by atoms with Crippen LogP contribution in [0.15, 0.2) is 16.6 Å². The van der Waals surface area contributed by atoms with E-state index in [1.54, 1.807) is 0 Å². The largest absolute Gasteiger partial charge is 0.352 e. The van der Waals surface area contributed by atoms with Crippen molar-refractivity contribution >= 4 is 33.2 Å². The molecule has 0 heterocycles. The number of nitrogens with zero attached hydrogens (tertiary/aromatic N) is 2. The van der Waals surface area contributed by atoms with Crippen molar-refractivity contribution in [1.29, 1.82) is 0 Å². The average Bonchev–Trinajstić information content (AvgIpc) is 2.35. The van der Waals surface area contributed by atoms with E-state index in [0.717, 1.165) is 12.1 Å². The minimum absolute atomic E-state index is 0.0725. The van der Waals surface area contributed by atoms with E-state index in [4.69, 9.17) is 0 Å². The van der Waals surface area contributed by atoms with Crippen LogP contribution in [0.4, 0.5) is 11.4 Å². The SMILES string of the molecule is CCCNC(=O)c1cc([N+](=O)[O-])cc([N+](=O)[O-])c1Br. The Morgan fingerprint density at radius 1 is 1.32 bits per heavy atom. The van der Waals surface area contributed by atoms with Gasteiger partial charge in [-0.15, -0.1) is 0 Å². The van der Waals surface area contributed by atoms with Gasteiger partial charge < -0.3 is 5.32 Å². The van der Waals surface area contributed by atoms with E-state index in [9.17, 15) is 25.0 Å². The Morgan fingerprint density at radius 3 is 2.42 bits per heavy atom. The van der Waals surface area contributed by atoms with Gasteiger partial charge in [-0.1, -0.05) is 6.92 Å². The molecule has 0 atom stereocenters. The summed E-state index contributed by atoms with van der Waals surface area (Å²) < 4.78 is -0.0725. The van der Waals surface area contributed by atoms with Gasteiger partial charge in [0.1, 0.15) is 4.47 Å². The van der Waals surface area contributed by atoms with Crippen molar-refractivity contribution in [3.05, 3.63) is 42.4 Å². The van der Waals surface area contributed by atoms with Crippen LogP contribution in [0.25, 0.3) is 0 Å². The molecule has 0 saturated heterocycles. The summed E-state index contributed by atoms with van der Waals surface area (Å²) in [5.74, 6) is -0.597. The van der Waals surface area contributed by atoms with E-state index in [2.05, 4.69) is 21.2 Å². The van der Waals surface area contributed by atoms with Crippen molar-refractivity contribution in [3.8, 4) is 0 Å². The molecule has 0 aliphatic rings. The highest BCUT2D eigenvalue weighted by Crippen LogP contribution is 2.33. The number of halogens is 1. The van der Waals surface area contributed by atoms with E-state index in [1.807, 2.05) is 6.92 Å². The third kappa shape index (κ3) is 3.47. The van der Waals surface area contributed by atoms with E-state index in [-0.39, 0.29) is 10.0 Å². The molecule has 0 aromatic heterocycles. The number of hydrogen-bond acceptors (Lipinski definition) is 5. The number of carbonyl (C=O) groups is 1. The van der Waals surface area contributed by atoms with Crippen LogP contribution in [-0.4, -0.2) is 22.3 Å². The molecule has 1 aromatic rings. The maximum atomic E-state index is 11.8. The minimum atomic E-state index is -0.784. The van der Waals surface area contributed by atoms with Crippen LogP contribution in [-0.2, 0) is 0 Å². The second-order valence-electron chi connectivity index (χ2n) is 3.60. The first-order valence-electron chi connectivity index (χ1n) is 5.29. The molecule has 0 radical (unpaired) electrons. The number of carbonyl (C=O) groups excluding carboxylic acids is 1. The quantitative estimate of drug-likeness (QED) is 0.656. The summed E-state index contributed by atoms with van der Waals surface area (Å²) in [6.45, 7) is 2.22. The molecule has 0 fully saturated rings. The van der Waals surface area contributed by atoms with Crippen LogP contribution in [0.3, 0.4) is 0 Å². The highest BCUT2D eigenvalue weighted by molar-refractivity contribution is 9.10. The smallest absolute Gasteiger partial charge is 0.291 e. The Bertz CT molecular complexity index is 546. The second kappa shape index (κ2) is 6.23. The van der Waals surface area contributed by atoms with Crippen molar-refractivity contribution in [1.82, 2.24) is 5.32 Å². The van der Waals surface area contributed by atoms with Crippen LogP contribution in [0.2, 0.25) is 0 Å². The lowest BCUT2D eigenvalue weighted by Crippen LogP contribution is -2.24. The normalized spacial score (nSPS) is 10.0. The van der Waals surface area contributed by atoms with Crippen molar-refractivity contribution in [2.45, 2.75) is 13.3 Å². The highest BCUT2D eigenvalue weighted by Gasteiger charge is 2.25. The fourth-order valence-corrected chi connectivity index (χ4v) is 1.89. The Morgan fingerprint density at radius 2 is 1.95 bits per heavy atom. The van der Waals surface area contributed by atoms with Crippen LogP contribution >= 0.6 is 15.9 Å². The summed E-state index contributed by atoms with van der Waals surface area (Å²) in [5.41, 5.74) is -1.15. The Kier molecular flexibility index (Phi) is 4.93. The Labute approximate surface area is 116 Å². The van der Waals surface area contributed by atoms with Crippen molar-refractivity contribution in [2.75, 3.05) is 6.54 Å². The van der Waals surface area contributed by atoms with E-state index in [1.165, 1.54) is 0 Å². The number of rotatable bonds is 5. The maximum absolute atomic E-state index is 11.8. The highest BCUT2D eigenvalue weighted by atomic mass is 79.9. The number of nitro groups is 2. The van der Waals surface area contributed by atoms with Gasteiger partial charge in [-0.05, 0) is 22.4 Å². The Balaban J connectivity index is 3.33. The molecule has 1 amide bonds. The number of benzene rings is 1. The predicted molar refractivity (Wildman–Crippen MR) is 70.1 cm³/mol. The molecule has 0 unspecified atom stereocenters. The van der Waals surface area contributed by atoms with E-state index in [0.29, 0.717) is 13.0 Å². The fourth-order valence-electron chi connectivity index (χ4n) is 1.33. The van der Waals surface area contributed by atoms with Gasteiger partial charge in [0.05, 0.1) is 21.5 Å². The molecule has 0 spiro atoms. The lowest BCUT2D eigenvalue weighted by molar-refractivity contribution is -0.394. The van der Waals surface area contributed by atoms with Crippen molar-refractivity contribution < 1.29 is 14.6 Å². The summed E-state index contributed by atoms with van der Waals surface area (Å²) in [4.78, 5) is 31.7. The van der Waals surface area contributed by atoms with Crippen molar-refractivity contribution in [3.63, 3.8) is 0 Å². The van der Waals surface area contributed by atoms with Crippen molar-refractivity contribution in [2.24, 2.45) is 0 Å². The van der Waals surface area contributed by atoms with Crippen LogP contribution in [0.5, 0.6) is 0 Å². The molecule has 0 aliphatic carbocycles. The van der Waals surface area contributed by atoms with Gasteiger partial charge >= 0.3 is 0 Å². The molecule has 102 valence electrons. The van der Waals surface area contributed by atoms with E-state index < -0.39 is 27.1 Å². The minimum Gasteiger partial charge on any atom is -0.352 e. The van der Waals surface area contributed by atoms with Gasteiger partial charge in [0.25, 0.3) is 17.3 Å². The van der Waals surface area contributed by atoms with Gasteiger partial charge in [-0.25, -0.2) is 0 Å². The fraction of sp³-hybridized carbons (Fsp3) is 0.300. The zero-order valence-corrected chi connectivity index (χ0v) is 11.5. The third-order valence-corrected chi connectivity index (χ3v) is 3.06. The molecule has 1 aromatic carbocycles. The van der Waals surface area contributed by atoms with Crippen LogP contribution < -0.4 is 5.32 Å². The standard InChI is InChI=1S/C10H10BrN3O5/c1-2-3-12-10(15)7-4-6(13(16)17)5-8(9(7)11)14(18)19/h4-5H,2-3H2,1H3,(H,12,15).